The maximum absolute atomic E-state index is 13.9. The molecule has 0 saturated carbocycles. The first kappa shape index (κ1) is 22.0. The summed E-state index contributed by atoms with van der Waals surface area (Å²) in [4.78, 5) is 3.10. The number of benzene rings is 2. The van der Waals surface area contributed by atoms with Crippen LogP contribution in [0.3, 0.4) is 0 Å². The minimum absolute atomic E-state index is 0.0223. The quantitative estimate of drug-likeness (QED) is 0.480. The van der Waals surface area contributed by atoms with Crippen molar-refractivity contribution in [3.63, 3.8) is 0 Å². The summed E-state index contributed by atoms with van der Waals surface area (Å²) in [5.74, 6) is -1.56. The van der Waals surface area contributed by atoms with Crippen LogP contribution in [-0.2, 0) is 16.2 Å². The first-order valence-electron chi connectivity index (χ1n) is 8.31. The van der Waals surface area contributed by atoms with Crippen LogP contribution in [0.15, 0.2) is 52.2 Å². The molecule has 5 nitrogen and oxygen atoms in total. The van der Waals surface area contributed by atoms with Gasteiger partial charge in [0, 0.05) is 16.6 Å². The van der Waals surface area contributed by atoms with Crippen molar-refractivity contribution >= 4 is 32.9 Å². The van der Waals surface area contributed by atoms with Crippen LogP contribution in [0.5, 0.6) is 0 Å². The molecule has 0 aliphatic rings. The highest BCUT2D eigenvalue weighted by Crippen LogP contribution is 2.38. The number of thiazole rings is 1. The Labute approximate surface area is 172 Å². The van der Waals surface area contributed by atoms with Gasteiger partial charge in [0.25, 0.3) is 10.0 Å². The van der Waals surface area contributed by atoms with Crippen molar-refractivity contribution in [3.05, 3.63) is 70.1 Å². The fourth-order valence-electron chi connectivity index (χ4n) is 2.67. The van der Waals surface area contributed by atoms with Crippen LogP contribution in [0.25, 0.3) is 0 Å². The Kier molecular flexibility index (Phi) is 5.99. The van der Waals surface area contributed by atoms with Crippen molar-refractivity contribution in [1.82, 2.24) is 4.98 Å². The van der Waals surface area contributed by atoms with E-state index >= 15 is 0 Å². The normalized spacial score (nSPS) is 13.1. The van der Waals surface area contributed by atoms with E-state index in [2.05, 4.69) is 15.0 Å². The first-order chi connectivity index (χ1) is 14.0. The molecule has 30 heavy (non-hydrogen) atoms. The van der Waals surface area contributed by atoms with Gasteiger partial charge in [0.1, 0.15) is 11.6 Å². The topological polar surface area (TPSA) is 71.1 Å². The lowest BCUT2D eigenvalue weighted by molar-refractivity contribution is -0.137. The Morgan fingerprint density at radius 1 is 1.10 bits per heavy atom. The number of anilines is 2. The lowest BCUT2D eigenvalue weighted by atomic mass is 10.1. The monoisotopic (exact) mass is 463 g/mol. The molecule has 0 unspecified atom stereocenters. The zero-order valence-electron chi connectivity index (χ0n) is 15.2. The third-order valence-electron chi connectivity index (χ3n) is 4.07. The standard InChI is InChI=1S/C18H14F5N3O2S2/c1-10(13-6-11(19)2-4-15(13)20)25-16-5-3-12(7-14(16)18(21,22)23)30(27,28)26-17-8-29-9-24-17/h2-10,25-26H,1H3/t10-/m0/s1. The molecule has 3 aromatic rings. The molecule has 1 atom stereocenters. The zero-order valence-corrected chi connectivity index (χ0v) is 16.8. The van der Waals surface area contributed by atoms with Crippen molar-refractivity contribution in [1.29, 1.82) is 0 Å². The number of halogens is 5. The van der Waals surface area contributed by atoms with Gasteiger partial charge in [-0.15, -0.1) is 11.3 Å². The predicted octanol–water partition coefficient (Wildman–Crippen LogP) is 5.41. The molecule has 0 fully saturated rings. The number of aromatic nitrogens is 1. The molecular weight excluding hydrogens is 449 g/mol. The van der Waals surface area contributed by atoms with Crippen molar-refractivity contribution < 1.29 is 30.4 Å². The number of hydrogen-bond acceptors (Lipinski definition) is 5. The van der Waals surface area contributed by atoms with E-state index in [0.717, 1.165) is 41.7 Å². The molecule has 0 aliphatic carbocycles. The molecule has 2 aromatic carbocycles. The van der Waals surface area contributed by atoms with E-state index < -0.39 is 50.0 Å². The molecular formula is C18H14F5N3O2S2. The van der Waals surface area contributed by atoms with Gasteiger partial charge in [-0.2, -0.15) is 13.2 Å². The average molecular weight is 463 g/mol. The molecule has 0 radical (unpaired) electrons. The van der Waals surface area contributed by atoms with Crippen LogP contribution in [-0.4, -0.2) is 13.4 Å². The molecule has 12 heteroatoms. The summed E-state index contributed by atoms with van der Waals surface area (Å²) in [5, 5.41) is 3.86. The Bertz CT molecular complexity index is 1150. The van der Waals surface area contributed by atoms with Gasteiger partial charge in [-0.05, 0) is 43.3 Å². The summed E-state index contributed by atoms with van der Waals surface area (Å²) in [6.07, 6.45) is -4.91. The van der Waals surface area contributed by atoms with Crippen LogP contribution in [0, 0.1) is 11.6 Å². The Morgan fingerprint density at radius 3 is 2.47 bits per heavy atom. The largest absolute Gasteiger partial charge is 0.418 e. The fourth-order valence-corrected chi connectivity index (χ4v) is 4.25. The van der Waals surface area contributed by atoms with Crippen molar-refractivity contribution in [2.24, 2.45) is 0 Å². The highest BCUT2D eigenvalue weighted by Gasteiger charge is 2.35. The fraction of sp³-hybridized carbons (Fsp3) is 0.167. The first-order valence-corrected chi connectivity index (χ1v) is 10.7. The number of rotatable bonds is 6. The van der Waals surface area contributed by atoms with Gasteiger partial charge >= 0.3 is 6.18 Å². The Balaban J connectivity index is 1.96. The van der Waals surface area contributed by atoms with Crippen LogP contribution in [0.1, 0.15) is 24.1 Å². The molecule has 3 rings (SSSR count). The summed E-state index contributed by atoms with van der Waals surface area (Å²) < 4.78 is 95.0. The van der Waals surface area contributed by atoms with Gasteiger partial charge in [-0.1, -0.05) is 0 Å². The van der Waals surface area contributed by atoms with Crippen molar-refractivity contribution in [3.8, 4) is 0 Å². The SMILES string of the molecule is C[C@H](Nc1ccc(S(=O)(=O)Nc2cscn2)cc1C(F)(F)F)c1cc(F)ccc1F. The Morgan fingerprint density at radius 2 is 1.83 bits per heavy atom. The minimum Gasteiger partial charge on any atom is -0.378 e. The zero-order chi connectivity index (χ0) is 22.1. The lowest BCUT2D eigenvalue weighted by Gasteiger charge is -2.21. The van der Waals surface area contributed by atoms with E-state index in [0.29, 0.717) is 6.07 Å². The number of alkyl halides is 3. The predicted molar refractivity (Wildman–Crippen MR) is 103 cm³/mol. The van der Waals surface area contributed by atoms with E-state index in [9.17, 15) is 30.4 Å². The average Bonchev–Trinajstić information content (AvgIpc) is 3.15. The molecule has 0 aliphatic heterocycles. The molecule has 2 N–H and O–H groups in total. The summed E-state index contributed by atoms with van der Waals surface area (Å²) >= 11 is 1.11. The van der Waals surface area contributed by atoms with Crippen LogP contribution < -0.4 is 10.0 Å². The van der Waals surface area contributed by atoms with E-state index in [1.54, 1.807) is 0 Å². The maximum Gasteiger partial charge on any atom is 0.418 e. The Hall–Kier alpha value is -2.73. The van der Waals surface area contributed by atoms with E-state index in [-0.39, 0.29) is 11.4 Å². The van der Waals surface area contributed by atoms with Crippen LogP contribution in [0.4, 0.5) is 33.5 Å². The smallest absolute Gasteiger partial charge is 0.378 e. The highest BCUT2D eigenvalue weighted by molar-refractivity contribution is 7.92. The van der Waals surface area contributed by atoms with Gasteiger partial charge in [0.2, 0.25) is 0 Å². The molecule has 1 aromatic heterocycles. The second-order valence-electron chi connectivity index (χ2n) is 6.22. The second-order valence-corrected chi connectivity index (χ2v) is 8.62. The van der Waals surface area contributed by atoms with Crippen LogP contribution in [0.2, 0.25) is 0 Å². The minimum atomic E-state index is -4.91. The van der Waals surface area contributed by atoms with Gasteiger partial charge in [0.15, 0.2) is 5.82 Å². The van der Waals surface area contributed by atoms with E-state index in [1.807, 2.05) is 0 Å². The van der Waals surface area contributed by atoms with Gasteiger partial charge in [-0.3, -0.25) is 4.72 Å². The van der Waals surface area contributed by atoms with Gasteiger partial charge < -0.3 is 5.32 Å². The molecule has 0 saturated heterocycles. The van der Waals surface area contributed by atoms with E-state index in [1.165, 1.54) is 17.8 Å². The number of nitrogens with zero attached hydrogens (tertiary/aromatic N) is 1. The van der Waals surface area contributed by atoms with Crippen molar-refractivity contribution in [2.45, 2.75) is 24.0 Å². The van der Waals surface area contributed by atoms with Gasteiger partial charge in [-0.25, -0.2) is 22.2 Å². The molecule has 0 bridgehead atoms. The molecule has 160 valence electrons. The highest BCUT2D eigenvalue weighted by atomic mass is 32.2. The number of hydrogen-bond donors (Lipinski definition) is 2. The van der Waals surface area contributed by atoms with E-state index in [4.69, 9.17) is 0 Å². The second kappa shape index (κ2) is 8.19. The molecule has 0 spiro atoms. The summed E-state index contributed by atoms with van der Waals surface area (Å²) in [6.45, 7) is 1.35. The van der Waals surface area contributed by atoms with Crippen LogP contribution >= 0.6 is 11.3 Å². The summed E-state index contributed by atoms with van der Waals surface area (Å²) in [5.41, 5.74) is -0.567. The lowest BCUT2D eigenvalue weighted by Crippen LogP contribution is -2.18. The number of nitrogens with one attached hydrogen (secondary N) is 2. The third-order valence-corrected chi connectivity index (χ3v) is 6.01. The summed E-state index contributed by atoms with van der Waals surface area (Å²) in [6, 6.07) is 3.96. The van der Waals surface area contributed by atoms with Gasteiger partial charge in [0.05, 0.1) is 22.0 Å². The summed E-state index contributed by atoms with van der Waals surface area (Å²) in [7, 11) is -4.32. The number of sulfonamides is 1. The molecule has 1 heterocycles. The molecule has 0 amide bonds. The maximum atomic E-state index is 13.9. The van der Waals surface area contributed by atoms with Crippen molar-refractivity contribution in [2.75, 3.05) is 10.0 Å². The third kappa shape index (κ3) is 4.87.